The Hall–Kier alpha value is -2.38. The molecule has 7 heteroatoms. The van der Waals surface area contributed by atoms with Gasteiger partial charge in [-0.05, 0) is 42.5 Å². The Morgan fingerprint density at radius 3 is 2.74 bits per heavy atom. The predicted octanol–water partition coefficient (Wildman–Crippen LogP) is 2.67. The van der Waals surface area contributed by atoms with Crippen molar-refractivity contribution in [2.24, 2.45) is 0 Å². The normalized spacial score (nSPS) is 10.2. The van der Waals surface area contributed by atoms with Gasteiger partial charge in [0.05, 0.1) is 12.8 Å². The van der Waals surface area contributed by atoms with Gasteiger partial charge in [0.1, 0.15) is 23.9 Å². The smallest absolute Gasteiger partial charge is 0.225 e. The van der Waals surface area contributed by atoms with E-state index < -0.39 is 0 Å². The first-order valence-corrected chi connectivity index (χ1v) is 7.47. The van der Waals surface area contributed by atoms with E-state index in [1.165, 1.54) is 0 Å². The monoisotopic (exact) mass is 334 g/mol. The lowest BCUT2D eigenvalue weighted by atomic mass is 10.1. The maximum Gasteiger partial charge on any atom is 0.225 e. The van der Waals surface area contributed by atoms with Crippen LogP contribution in [0.5, 0.6) is 5.75 Å². The molecule has 0 saturated heterocycles. The summed E-state index contributed by atoms with van der Waals surface area (Å²) in [5, 5.41) is 14.8. The van der Waals surface area contributed by atoms with Crippen LogP contribution >= 0.6 is 12.2 Å². The summed E-state index contributed by atoms with van der Waals surface area (Å²) in [6.45, 7) is 1.59. The van der Waals surface area contributed by atoms with Crippen molar-refractivity contribution in [1.29, 1.82) is 0 Å². The summed E-state index contributed by atoms with van der Waals surface area (Å²) in [7, 11) is 1.55. The van der Waals surface area contributed by atoms with Crippen molar-refractivity contribution in [1.82, 2.24) is 5.32 Å². The molecule has 1 aromatic heterocycles. The van der Waals surface area contributed by atoms with Crippen molar-refractivity contribution >= 4 is 28.9 Å². The number of anilines is 1. The van der Waals surface area contributed by atoms with Crippen molar-refractivity contribution in [2.45, 2.75) is 20.0 Å². The molecule has 2 aromatic rings. The fourth-order valence-electron chi connectivity index (χ4n) is 1.95. The number of rotatable bonds is 5. The van der Waals surface area contributed by atoms with Crippen LogP contribution in [0.25, 0.3) is 11.3 Å². The molecule has 1 aromatic carbocycles. The Kier molecular flexibility index (Phi) is 5.72. The molecule has 0 aliphatic heterocycles. The number of carbonyl (C=O) groups excluding carboxylic acids is 1. The van der Waals surface area contributed by atoms with Crippen LogP contribution in [-0.2, 0) is 11.4 Å². The third kappa shape index (κ3) is 4.30. The van der Waals surface area contributed by atoms with Crippen LogP contribution in [0.1, 0.15) is 19.1 Å². The molecule has 0 aliphatic rings. The molecule has 0 aliphatic carbocycles. The summed E-state index contributed by atoms with van der Waals surface area (Å²) >= 11 is 5.11. The fraction of sp³-hybridized carbons (Fsp3) is 0.250. The largest absolute Gasteiger partial charge is 0.495 e. The number of carbonyl (C=O) groups is 1. The van der Waals surface area contributed by atoms with Crippen LogP contribution in [0.4, 0.5) is 5.69 Å². The zero-order chi connectivity index (χ0) is 16.8. The fourth-order valence-corrected chi connectivity index (χ4v) is 2.17. The molecular weight excluding hydrogens is 316 g/mol. The number of amides is 1. The summed E-state index contributed by atoms with van der Waals surface area (Å²) in [6.07, 6.45) is 0.343. The molecule has 0 fully saturated rings. The molecule has 2 rings (SSSR count). The molecule has 0 saturated carbocycles. The SMILES string of the molecule is CCC(=O)NC(=S)Nc1cc(-c2ccc(CO)o2)ccc1OC. The number of nitrogens with one attached hydrogen (secondary N) is 2. The highest BCUT2D eigenvalue weighted by atomic mass is 32.1. The van der Waals surface area contributed by atoms with E-state index >= 15 is 0 Å². The molecule has 0 spiro atoms. The van der Waals surface area contributed by atoms with Crippen molar-refractivity contribution < 1.29 is 19.1 Å². The van der Waals surface area contributed by atoms with Gasteiger partial charge < -0.3 is 24.9 Å². The average molecular weight is 334 g/mol. The van der Waals surface area contributed by atoms with Gasteiger partial charge in [0.15, 0.2) is 5.11 Å². The van der Waals surface area contributed by atoms with Gasteiger partial charge >= 0.3 is 0 Å². The van der Waals surface area contributed by atoms with E-state index in [4.69, 9.17) is 26.5 Å². The van der Waals surface area contributed by atoms with Crippen LogP contribution < -0.4 is 15.4 Å². The Balaban J connectivity index is 2.25. The van der Waals surface area contributed by atoms with Gasteiger partial charge in [-0.1, -0.05) is 6.92 Å². The lowest BCUT2D eigenvalue weighted by molar-refractivity contribution is -0.119. The van der Waals surface area contributed by atoms with E-state index in [0.717, 1.165) is 5.56 Å². The molecule has 1 amide bonds. The molecule has 122 valence electrons. The highest BCUT2D eigenvalue weighted by Gasteiger charge is 2.11. The minimum atomic E-state index is -0.170. The molecular formula is C16H18N2O4S. The van der Waals surface area contributed by atoms with Crippen LogP contribution in [0, 0.1) is 0 Å². The highest BCUT2D eigenvalue weighted by Crippen LogP contribution is 2.31. The molecule has 3 N–H and O–H groups in total. The Labute approximate surface area is 139 Å². The van der Waals surface area contributed by atoms with Gasteiger partial charge in [-0.3, -0.25) is 4.79 Å². The summed E-state index contributed by atoms with van der Waals surface area (Å²) in [5.41, 5.74) is 1.39. The topological polar surface area (TPSA) is 83.7 Å². The van der Waals surface area contributed by atoms with Gasteiger partial charge in [0, 0.05) is 12.0 Å². The molecule has 0 atom stereocenters. The lowest BCUT2D eigenvalue weighted by Gasteiger charge is -2.13. The summed E-state index contributed by atoms with van der Waals surface area (Å²) in [6, 6.07) is 8.87. The Morgan fingerprint density at radius 1 is 1.35 bits per heavy atom. The summed E-state index contributed by atoms with van der Waals surface area (Å²) in [4.78, 5) is 11.4. The average Bonchev–Trinajstić information content (AvgIpc) is 3.03. The second kappa shape index (κ2) is 7.75. The third-order valence-corrected chi connectivity index (χ3v) is 3.33. The first kappa shape index (κ1) is 17.0. The molecule has 6 nitrogen and oxygen atoms in total. The molecule has 0 bridgehead atoms. The van der Waals surface area contributed by atoms with E-state index in [-0.39, 0.29) is 17.6 Å². The number of benzene rings is 1. The molecule has 0 unspecified atom stereocenters. The molecule has 1 heterocycles. The van der Waals surface area contributed by atoms with Crippen molar-refractivity contribution in [2.75, 3.05) is 12.4 Å². The van der Waals surface area contributed by atoms with Crippen LogP contribution in [0.15, 0.2) is 34.7 Å². The van der Waals surface area contributed by atoms with Crippen molar-refractivity contribution in [3.05, 3.63) is 36.1 Å². The first-order chi connectivity index (χ1) is 11.1. The van der Waals surface area contributed by atoms with Gasteiger partial charge in [0.2, 0.25) is 5.91 Å². The molecule has 23 heavy (non-hydrogen) atoms. The summed E-state index contributed by atoms with van der Waals surface area (Å²) in [5.74, 6) is 1.51. The Bertz CT molecular complexity index is 712. The zero-order valence-electron chi connectivity index (χ0n) is 12.9. The number of hydrogen-bond donors (Lipinski definition) is 3. The van der Waals surface area contributed by atoms with Crippen LogP contribution in [-0.4, -0.2) is 23.2 Å². The maximum atomic E-state index is 11.4. The maximum absolute atomic E-state index is 11.4. The van der Waals surface area contributed by atoms with Crippen molar-refractivity contribution in [3.8, 4) is 17.1 Å². The van der Waals surface area contributed by atoms with Crippen LogP contribution in [0.3, 0.4) is 0 Å². The molecule has 0 radical (unpaired) electrons. The number of hydrogen-bond acceptors (Lipinski definition) is 5. The predicted molar refractivity (Wildman–Crippen MR) is 91.3 cm³/mol. The minimum Gasteiger partial charge on any atom is -0.495 e. The lowest BCUT2D eigenvalue weighted by Crippen LogP contribution is -2.33. The third-order valence-electron chi connectivity index (χ3n) is 3.12. The van der Waals surface area contributed by atoms with E-state index in [1.807, 2.05) is 6.07 Å². The van der Waals surface area contributed by atoms with E-state index in [2.05, 4.69) is 10.6 Å². The number of ether oxygens (including phenoxy) is 1. The Morgan fingerprint density at radius 2 is 2.13 bits per heavy atom. The van der Waals surface area contributed by atoms with Crippen LogP contribution in [0.2, 0.25) is 0 Å². The number of aliphatic hydroxyl groups excluding tert-OH is 1. The number of methoxy groups -OCH3 is 1. The quantitative estimate of drug-likeness (QED) is 0.729. The number of thiocarbonyl (C=S) groups is 1. The van der Waals surface area contributed by atoms with Gasteiger partial charge in [-0.15, -0.1) is 0 Å². The van der Waals surface area contributed by atoms with E-state index in [1.54, 1.807) is 38.3 Å². The summed E-state index contributed by atoms with van der Waals surface area (Å²) < 4.78 is 10.8. The number of furan rings is 1. The minimum absolute atomic E-state index is 0.158. The second-order valence-corrected chi connectivity index (χ2v) is 5.10. The highest BCUT2D eigenvalue weighted by molar-refractivity contribution is 7.80. The van der Waals surface area contributed by atoms with Crippen molar-refractivity contribution in [3.63, 3.8) is 0 Å². The van der Waals surface area contributed by atoms with E-state index in [0.29, 0.717) is 29.4 Å². The van der Waals surface area contributed by atoms with Gasteiger partial charge in [-0.25, -0.2) is 0 Å². The zero-order valence-corrected chi connectivity index (χ0v) is 13.7. The second-order valence-electron chi connectivity index (χ2n) is 4.69. The van der Waals surface area contributed by atoms with E-state index in [9.17, 15) is 4.79 Å². The van der Waals surface area contributed by atoms with Gasteiger partial charge in [-0.2, -0.15) is 0 Å². The van der Waals surface area contributed by atoms with Gasteiger partial charge in [0.25, 0.3) is 0 Å². The first-order valence-electron chi connectivity index (χ1n) is 7.06. The standard InChI is InChI=1S/C16H18N2O4S/c1-3-15(20)18-16(23)17-12-8-10(4-6-14(12)21-2)13-7-5-11(9-19)22-13/h4-8,19H,3,9H2,1-2H3,(H2,17,18,20,23). The number of aliphatic hydroxyl groups is 1.